The zero-order valence-corrected chi connectivity index (χ0v) is 26.5. The third-order valence-corrected chi connectivity index (χ3v) is 10.6. The highest BCUT2D eigenvalue weighted by molar-refractivity contribution is 6.53. The molecule has 7 nitrogen and oxygen atoms in total. The van der Waals surface area contributed by atoms with Crippen molar-refractivity contribution in [3.63, 3.8) is 0 Å². The van der Waals surface area contributed by atoms with E-state index in [-0.39, 0.29) is 6.04 Å². The van der Waals surface area contributed by atoms with Crippen LogP contribution < -0.4 is 9.47 Å². The lowest BCUT2D eigenvalue weighted by atomic mass is 9.72. The van der Waals surface area contributed by atoms with Crippen molar-refractivity contribution >= 4 is 35.1 Å². The molecule has 9 heteroatoms. The Morgan fingerprint density at radius 1 is 0.905 bits per heavy atom. The summed E-state index contributed by atoms with van der Waals surface area (Å²) in [6.45, 7) is 9.10. The van der Waals surface area contributed by atoms with E-state index in [1.807, 2.05) is 12.1 Å². The van der Waals surface area contributed by atoms with Crippen LogP contribution >= 0.6 is 23.2 Å². The molecule has 0 aromatic heterocycles. The number of halogens is 2. The lowest BCUT2D eigenvalue weighted by Crippen LogP contribution is -2.48. The van der Waals surface area contributed by atoms with Crippen molar-refractivity contribution in [2.75, 3.05) is 33.9 Å². The number of amides is 1. The van der Waals surface area contributed by atoms with Crippen LogP contribution in [0.25, 0.3) is 0 Å². The molecule has 3 heterocycles. The summed E-state index contributed by atoms with van der Waals surface area (Å²) in [5.41, 5.74) is 7.61. The average molecular weight is 616 g/mol. The molecule has 1 N–H and O–H groups in total. The molecular weight excluding hydrogens is 575 g/mol. The maximum Gasteiger partial charge on any atom is 0.349 e. The minimum atomic E-state index is -1.42. The molecule has 0 radical (unpaired) electrons. The lowest BCUT2D eigenvalue weighted by Gasteiger charge is -2.49. The van der Waals surface area contributed by atoms with Gasteiger partial charge >= 0.3 is 5.97 Å². The Hall–Kier alpha value is -2.74. The van der Waals surface area contributed by atoms with E-state index >= 15 is 0 Å². The summed E-state index contributed by atoms with van der Waals surface area (Å²) >= 11 is 12.3. The molecule has 0 saturated carbocycles. The number of piperidine rings is 1. The van der Waals surface area contributed by atoms with Crippen LogP contribution in [0.2, 0.25) is 0 Å². The molecule has 226 valence electrons. The van der Waals surface area contributed by atoms with E-state index in [1.165, 1.54) is 22.3 Å². The number of carbonyl (C=O) groups is 2. The SMILES string of the molecule is CCC1CN2CCc3cc(C)c(C)cc3C2CC1CC1c2cc(OC)c(OC)cc2CCN1C(=O)/C(Cl)=C(\Cl)C(=O)O. The number of aryl methyl sites for hydroxylation is 2. The maximum absolute atomic E-state index is 13.7. The highest BCUT2D eigenvalue weighted by atomic mass is 35.5. The van der Waals surface area contributed by atoms with Gasteiger partial charge in [0.2, 0.25) is 0 Å². The average Bonchev–Trinajstić information content (AvgIpc) is 2.99. The summed E-state index contributed by atoms with van der Waals surface area (Å²) in [6, 6.07) is 8.72. The second-order valence-corrected chi connectivity index (χ2v) is 12.7. The topological polar surface area (TPSA) is 79.3 Å². The van der Waals surface area contributed by atoms with Crippen molar-refractivity contribution in [1.82, 2.24) is 9.80 Å². The molecule has 0 bridgehead atoms. The molecule has 1 fully saturated rings. The van der Waals surface area contributed by atoms with E-state index in [2.05, 4.69) is 37.8 Å². The smallest absolute Gasteiger partial charge is 0.349 e. The zero-order chi connectivity index (χ0) is 30.3. The molecule has 2 aromatic carbocycles. The van der Waals surface area contributed by atoms with Crippen LogP contribution in [0, 0.1) is 25.7 Å². The van der Waals surface area contributed by atoms with Gasteiger partial charge in [0.1, 0.15) is 10.1 Å². The van der Waals surface area contributed by atoms with E-state index in [9.17, 15) is 14.7 Å². The van der Waals surface area contributed by atoms with Crippen molar-refractivity contribution in [1.29, 1.82) is 0 Å². The summed E-state index contributed by atoms with van der Waals surface area (Å²) in [5.74, 6) is 0.0520. The Kier molecular flexibility index (Phi) is 9.12. The van der Waals surface area contributed by atoms with Gasteiger partial charge in [0, 0.05) is 25.7 Å². The second-order valence-electron chi connectivity index (χ2n) is 11.9. The highest BCUT2D eigenvalue weighted by Gasteiger charge is 2.42. The van der Waals surface area contributed by atoms with Gasteiger partial charge in [-0.1, -0.05) is 48.7 Å². The Morgan fingerprint density at radius 3 is 2.21 bits per heavy atom. The fourth-order valence-electron chi connectivity index (χ4n) is 7.34. The molecule has 4 unspecified atom stereocenters. The molecule has 5 rings (SSSR count). The van der Waals surface area contributed by atoms with Crippen molar-refractivity contribution in [2.45, 2.75) is 65.0 Å². The first-order valence-corrected chi connectivity index (χ1v) is 15.5. The normalized spacial score (nSPS) is 24.2. The van der Waals surface area contributed by atoms with Crippen LogP contribution in [-0.2, 0) is 22.4 Å². The molecule has 3 aliphatic rings. The van der Waals surface area contributed by atoms with Gasteiger partial charge in [-0.05, 0) is 96.9 Å². The quantitative estimate of drug-likeness (QED) is 0.356. The number of methoxy groups -OCH3 is 2. The van der Waals surface area contributed by atoms with Gasteiger partial charge in [0.05, 0.1) is 20.3 Å². The number of ether oxygens (including phenoxy) is 2. The van der Waals surface area contributed by atoms with Crippen molar-refractivity contribution in [3.05, 3.63) is 67.7 Å². The Balaban J connectivity index is 1.55. The van der Waals surface area contributed by atoms with Gasteiger partial charge in [0.25, 0.3) is 5.91 Å². The summed E-state index contributed by atoms with van der Waals surface area (Å²) in [4.78, 5) is 29.6. The largest absolute Gasteiger partial charge is 0.493 e. The number of fused-ring (bicyclic) bond motifs is 4. The Labute approximate surface area is 258 Å². The number of carboxylic acid groups (broad SMARTS) is 1. The van der Waals surface area contributed by atoms with Crippen molar-refractivity contribution in [2.24, 2.45) is 11.8 Å². The standard InChI is InChI=1S/C33H40Cl2N2O5/c1-6-20-17-36-9-7-21-11-18(2)19(3)12-24(21)26(36)13-23(20)14-27-25-16-29(42-5)28(41-4)15-22(25)8-10-37(27)32(38)30(34)31(35)33(39)40/h11-12,15-16,20,23,26-27H,6-10,13-14,17H2,1-5H3,(H,39,40)/b31-30+. The predicted molar refractivity (Wildman–Crippen MR) is 165 cm³/mol. The minimum Gasteiger partial charge on any atom is -0.493 e. The van der Waals surface area contributed by atoms with Crippen LogP contribution in [0.3, 0.4) is 0 Å². The monoisotopic (exact) mass is 614 g/mol. The van der Waals surface area contributed by atoms with E-state index in [4.69, 9.17) is 32.7 Å². The van der Waals surface area contributed by atoms with Crippen molar-refractivity contribution in [3.8, 4) is 11.5 Å². The van der Waals surface area contributed by atoms with E-state index in [0.29, 0.717) is 42.3 Å². The number of carbonyl (C=O) groups excluding carboxylic acids is 1. The molecule has 0 spiro atoms. The van der Waals surface area contributed by atoms with Gasteiger partial charge in [-0.25, -0.2) is 4.79 Å². The van der Waals surface area contributed by atoms with Gasteiger partial charge < -0.3 is 19.5 Å². The predicted octanol–water partition coefficient (Wildman–Crippen LogP) is 6.56. The first-order chi connectivity index (χ1) is 20.1. The third-order valence-electron chi connectivity index (χ3n) is 9.77. The number of benzene rings is 2. The van der Waals surface area contributed by atoms with Crippen LogP contribution in [0.15, 0.2) is 34.3 Å². The molecule has 1 amide bonds. The van der Waals surface area contributed by atoms with Gasteiger partial charge in [0.15, 0.2) is 11.5 Å². The van der Waals surface area contributed by atoms with Gasteiger partial charge in [-0.3, -0.25) is 9.69 Å². The second kappa shape index (κ2) is 12.5. The van der Waals surface area contributed by atoms with Crippen LogP contribution in [0.4, 0.5) is 0 Å². The molecule has 1 saturated heterocycles. The summed E-state index contributed by atoms with van der Waals surface area (Å²) in [6.07, 6.45) is 4.42. The van der Waals surface area contributed by atoms with E-state index in [0.717, 1.165) is 49.9 Å². The molecule has 2 aromatic rings. The highest BCUT2D eigenvalue weighted by Crippen LogP contribution is 2.48. The lowest BCUT2D eigenvalue weighted by molar-refractivity contribution is -0.133. The molecular formula is C33H40Cl2N2O5. The number of hydrogen-bond donors (Lipinski definition) is 1. The minimum absolute atomic E-state index is 0.318. The van der Waals surface area contributed by atoms with E-state index < -0.39 is 21.9 Å². The first kappa shape index (κ1) is 30.7. The summed E-state index contributed by atoms with van der Waals surface area (Å²) < 4.78 is 11.2. The number of aliphatic carboxylic acids is 1. The van der Waals surface area contributed by atoms with Gasteiger partial charge in [-0.2, -0.15) is 0 Å². The van der Waals surface area contributed by atoms with Crippen molar-refractivity contribution < 1.29 is 24.2 Å². The molecule has 42 heavy (non-hydrogen) atoms. The Bertz CT molecular complexity index is 1420. The molecule has 3 aliphatic heterocycles. The number of hydrogen-bond acceptors (Lipinski definition) is 5. The third kappa shape index (κ3) is 5.63. The number of rotatable bonds is 7. The summed E-state index contributed by atoms with van der Waals surface area (Å²) in [7, 11) is 3.22. The molecule has 0 aliphatic carbocycles. The Morgan fingerprint density at radius 2 is 1.55 bits per heavy atom. The van der Waals surface area contributed by atoms with Crippen LogP contribution in [0.1, 0.15) is 71.7 Å². The fourth-order valence-corrected chi connectivity index (χ4v) is 7.61. The van der Waals surface area contributed by atoms with Crippen LogP contribution in [-0.4, -0.2) is 60.6 Å². The summed E-state index contributed by atoms with van der Waals surface area (Å²) in [5, 5.41) is 8.29. The number of carboxylic acids is 1. The van der Waals surface area contributed by atoms with E-state index in [1.54, 1.807) is 19.1 Å². The molecule has 4 atom stereocenters. The van der Waals surface area contributed by atoms with Gasteiger partial charge in [-0.15, -0.1) is 0 Å². The zero-order valence-electron chi connectivity index (χ0n) is 25.0. The number of nitrogens with zero attached hydrogens (tertiary/aromatic N) is 2. The first-order valence-electron chi connectivity index (χ1n) is 14.8. The van der Waals surface area contributed by atoms with Crippen LogP contribution in [0.5, 0.6) is 11.5 Å². The maximum atomic E-state index is 13.7. The fraction of sp³-hybridized carbons (Fsp3) is 0.515.